The second-order valence-corrected chi connectivity index (χ2v) is 8.27. The van der Waals surface area contributed by atoms with Crippen LogP contribution in [-0.4, -0.2) is 41.6 Å². The Hall–Kier alpha value is -1.14. The van der Waals surface area contributed by atoms with Crippen LogP contribution in [0.25, 0.3) is 0 Å². The number of nitrogens with one attached hydrogen (secondary N) is 2. The van der Waals surface area contributed by atoms with E-state index in [1.807, 2.05) is 6.92 Å². The molecule has 4 rings (SSSR count). The third-order valence-electron chi connectivity index (χ3n) is 5.21. The van der Waals surface area contributed by atoms with Crippen molar-refractivity contribution in [3.63, 3.8) is 0 Å². The van der Waals surface area contributed by atoms with E-state index in [4.69, 9.17) is 0 Å². The normalized spacial score (nSPS) is 26.2. The number of amides is 2. The minimum absolute atomic E-state index is 0.0281. The van der Waals surface area contributed by atoms with Crippen molar-refractivity contribution in [1.29, 1.82) is 0 Å². The number of nitrogens with zero attached hydrogens (tertiary/aromatic N) is 2. The molecule has 2 amide bonds. The molecule has 23 heavy (non-hydrogen) atoms. The summed E-state index contributed by atoms with van der Waals surface area (Å²) < 4.78 is 0. The van der Waals surface area contributed by atoms with E-state index in [-0.39, 0.29) is 12.1 Å². The highest BCUT2D eigenvalue weighted by Crippen LogP contribution is 2.41. The molecule has 3 aliphatic rings. The molecular formula is C17H26N4OS. The first-order valence-electron chi connectivity index (χ1n) is 8.89. The average Bonchev–Trinajstić information content (AvgIpc) is 3.46. The lowest BCUT2D eigenvalue weighted by molar-refractivity contribution is 0.233. The second-order valence-electron chi connectivity index (χ2n) is 7.38. The molecule has 2 saturated carbocycles. The van der Waals surface area contributed by atoms with Gasteiger partial charge in [0.1, 0.15) is 5.01 Å². The Morgan fingerprint density at radius 3 is 2.87 bits per heavy atom. The smallest absolute Gasteiger partial charge is 0.315 e. The summed E-state index contributed by atoms with van der Waals surface area (Å²) in [5.74, 6) is 1.19. The zero-order valence-corrected chi connectivity index (χ0v) is 14.6. The van der Waals surface area contributed by atoms with Gasteiger partial charge in [0.05, 0.1) is 6.04 Å². The number of hydrogen-bond acceptors (Lipinski definition) is 4. The van der Waals surface area contributed by atoms with Gasteiger partial charge in [-0.25, -0.2) is 9.78 Å². The van der Waals surface area contributed by atoms with Crippen LogP contribution in [0.1, 0.15) is 48.8 Å². The van der Waals surface area contributed by atoms with Gasteiger partial charge >= 0.3 is 6.03 Å². The molecule has 0 bridgehead atoms. The van der Waals surface area contributed by atoms with Crippen LogP contribution in [0.15, 0.2) is 5.38 Å². The topological polar surface area (TPSA) is 57.3 Å². The largest absolute Gasteiger partial charge is 0.338 e. The van der Waals surface area contributed by atoms with Crippen LogP contribution in [-0.2, 0) is 0 Å². The average molecular weight is 334 g/mol. The van der Waals surface area contributed by atoms with Gasteiger partial charge in [-0.3, -0.25) is 0 Å². The minimum Gasteiger partial charge on any atom is -0.338 e. The minimum atomic E-state index is -0.0281. The number of likely N-dealkylation sites (tertiary alicyclic amines) is 1. The SMILES string of the molecule is Cc1csc([C@H](NC(=O)NC[C@@H]2CCN(C3CC3)C2)C2CC2)n1. The number of aromatic nitrogens is 1. The molecule has 1 saturated heterocycles. The van der Waals surface area contributed by atoms with Crippen LogP contribution in [0.4, 0.5) is 4.79 Å². The van der Waals surface area contributed by atoms with Crippen molar-refractivity contribution in [3.05, 3.63) is 16.1 Å². The first-order chi connectivity index (χ1) is 11.2. The van der Waals surface area contributed by atoms with E-state index in [0.29, 0.717) is 11.8 Å². The number of thiazole rings is 1. The summed E-state index contributed by atoms with van der Waals surface area (Å²) in [7, 11) is 0. The molecule has 0 unspecified atom stereocenters. The fourth-order valence-electron chi connectivity index (χ4n) is 3.56. The molecule has 5 nitrogen and oxygen atoms in total. The van der Waals surface area contributed by atoms with Gasteiger partial charge in [0.15, 0.2) is 0 Å². The summed E-state index contributed by atoms with van der Waals surface area (Å²) in [4.78, 5) is 19.5. The number of carbonyl (C=O) groups excluding carboxylic acids is 1. The van der Waals surface area contributed by atoms with Gasteiger partial charge in [-0.05, 0) is 57.4 Å². The van der Waals surface area contributed by atoms with E-state index in [9.17, 15) is 4.79 Å². The summed E-state index contributed by atoms with van der Waals surface area (Å²) in [5, 5.41) is 9.38. The lowest BCUT2D eigenvalue weighted by Crippen LogP contribution is -2.41. The maximum Gasteiger partial charge on any atom is 0.315 e. The van der Waals surface area contributed by atoms with Crippen molar-refractivity contribution in [2.75, 3.05) is 19.6 Å². The Morgan fingerprint density at radius 1 is 1.39 bits per heavy atom. The fraction of sp³-hybridized carbons (Fsp3) is 0.765. The Bertz CT molecular complexity index is 567. The monoisotopic (exact) mass is 334 g/mol. The van der Waals surface area contributed by atoms with E-state index >= 15 is 0 Å². The van der Waals surface area contributed by atoms with Gasteiger partial charge in [-0.15, -0.1) is 11.3 Å². The number of rotatable bonds is 6. The van der Waals surface area contributed by atoms with Crippen LogP contribution in [0.5, 0.6) is 0 Å². The van der Waals surface area contributed by atoms with Gasteiger partial charge in [0, 0.05) is 30.2 Å². The fourth-order valence-corrected chi connectivity index (χ4v) is 4.49. The van der Waals surface area contributed by atoms with Crippen LogP contribution in [0, 0.1) is 18.8 Å². The van der Waals surface area contributed by atoms with Crippen LogP contribution >= 0.6 is 11.3 Å². The standard InChI is InChI=1S/C17H26N4OS/c1-11-10-23-16(19-11)15(13-2-3-13)20-17(22)18-8-12-6-7-21(9-12)14-4-5-14/h10,12-15H,2-9H2,1H3,(H2,18,20,22)/t12-,15+/m0/s1. The number of carbonyl (C=O) groups is 1. The van der Waals surface area contributed by atoms with E-state index in [1.54, 1.807) is 11.3 Å². The highest BCUT2D eigenvalue weighted by Gasteiger charge is 2.36. The molecular weight excluding hydrogens is 308 g/mol. The van der Waals surface area contributed by atoms with Gasteiger partial charge in [-0.2, -0.15) is 0 Å². The zero-order chi connectivity index (χ0) is 15.8. The Balaban J connectivity index is 1.25. The molecule has 126 valence electrons. The molecule has 1 aromatic rings. The quantitative estimate of drug-likeness (QED) is 0.841. The molecule has 1 aliphatic heterocycles. The van der Waals surface area contributed by atoms with E-state index in [1.165, 1.54) is 38.6 Å². The van der Waals surface area contributed by atoms with E-state index < -0.39 is 0 Å². The second kappa shape index (κ2) is 6.40. The van der Waals surface area contributed by atoms with Crippen molar-refractivity contribution in [2.24, 2.45) is 11.8 Å². The van der Waals surface area contributed by atoms with Gasteiger partial charge < -0.3 is 15.5 Å². The molecule has 3 fully saturated rings. The first kappa shape index (κ1) is 15.4. The predicted octanol–water partition coefficient (Wildman–Crippen LogP) is 2.69. The number of urea groups is 1. The third-order valence-corrected chi connectivity index (χ3v) is 6.26. The molecule has 2 aliphatic carbocycles. The van der Waals surface area contributed by atoms with Crippen molar-refractivity contribution < 1.29 is 4.79 Å². The maximum absolute atomic E-state index is 12.3. The summed E-state index contributed by atoms with van der Waals surface area (Å²) in [6.07, 6.45) is 6.35. The van der Waals surface area contributed by atoms with Crippen molar-refractivity contribution in [1.82, 2.24) is 20.5 Å². The van der Waals surface area contributed by atoms with Gasteiger partial charge in [-0.1, -0.05) is 0 Å². The van der Waals surface area contributed by atoms with Gasteiger partial charge in [0.25, 0.3) is 0 Å². The van der Waals surface area contributed by atoms with Gasteiger partial charge in [0.2, 0.25) is 0 Å². The molecule has 6 heteroatoms. The lowest BCUT2D eigenvalue weighted by Gasteiger charge is -2.18. The predicted molar refractivity (Wildman–Crippen MR) is 91.6 cm³/mol. The summed E-state index contributed by atoms with van der Waals surface area (Å²) in [6.45, 7) is 5.17. The summed E-state index contributed by atoms with van der Waals surface area (Å²) >= 11 is 1.66. The molecule has 2 heterocycles. The highest BCUT2D eigenvalue weighted by molar-refractivity contribution is 7.09. The zero-order valence-electron chi connectivity index (χ0n) is 13.8. The van der Waals surface area contributed by atoms with Crippen LogP contribution in [0.2, 0.25) is 0 Å². The summed E-state index contributed by atoms with van der Waals surface area (Å²) in [6, 6.07) is 0.918. The van der Waals surface area contributed by atoms with E-state index in [2.05, 4.69) is 25.9 Å². The van der Waals surface area contributed by atoms with E-state index in [0.717, 1.165) is 29.8 Å². The Morgan fingerprint density at radius 2 is 2.22 bits per heavy atom. The molecule has 0 radical (unpaired) electrons. The van der Waals surface area contributed by atoms with Crippen LogP contribution < -0.4 is 10.6 Å². The third kappa shape index (κ3) is 3.86. The highest BCUT2D eigenvalue weighted by atomic mass is 32.1. The van der Waals surface area contributed by atoms with Crippen molar-refractivity contribution in [2.45, 2.75) is 51.1 Å². The Kier molecular flexibility index (Phi) is 4.28. The Labute approximate surface area is 141 Å². The van der Waals surface area contributed by atoms with Crippen molar-refractivity contribution >= 4 is 17.4 Å². The van der Waals surface area contributed by atoms with Crippen LogP contribution in [0.3, 0.4) is 0 Å². The maximum atomic E-state index is 12.3. The molecule has 1 aromatic heterocycles. The number of hydrogen-bond donors (Lipinski definition) is 2. The molecule has 2 N–H and O–H groups in total. The summed E-state index contributed by atoms with van der Waals surface area (Å²) in [5.41, 5.74) is 1.05. The molecule has 0 aromatic carbocycles. The first-order valence-corrected chi connectivity index (χ1v) is 9.77. The lowest BCUT2D eigenvalue weighted by atomic mass is 10.1. The number of aryl methyl sites for hydroxylation is 1. The van der Waals surface area contributed by atoms with Crippen molar-refractivity contribution in [3.8, 4) is 0 Å². The molecule has 0 spiro atoms. The molecule has 2 atom stereocenters.